The fourth-order valence-corrected chi connectivity index (χ4v) is 2.01. The largest absolute Gasteiger partial charge is 0.120 e. The molecule has 0 aliphatic rings. The van der Waals surface area contributed by atoms with E-state index in [2.05, 4.69) is 38.6 Å². The lowest BCUT2D eigenvalue weighted by Gasteiger charge is -2.12. The van der Waals surface area contributed by atoms with E-state index in [0.717, 1.165) is 12.8 Å². The Morgan fingerprint density at radius 1 is 1.38 bits per heavy atom. The highest BCUT2D eigenvalue weighted by molar-refractivity contribution is 6.76. The summed E-state index contributed by atoms with van der Waals surface area (Å²) in [6.07, 6.45) is 10.8. The molecule has 0 bridgehead atoms. The van der Waals surface area contributed by atoms with Crippen molar-refractivity contribution in [2.75, 3.05) is 0 Å². The van der Waals surface area contributed by atoms with Crippen LogP contribution in [0.15, 0.2) is 11.6 Å². The molecule has 0 unspecified atom stereocenters. The molecule has 0 N–H and O–H groups in total. The van der Waals surface area contributed by atoms with Gasteiger partial charge in [0.05, 0.1) is 0 Å². The third-order valence-electron chi connectivity index (χ3n) is 1.96. The van der Waals surface area contributed by atoms with Gasteiger partial charge in [-0.1, -0.05) is 31.3 Å². The lowest BCUT2D eigenvalue weighted by molar-refractivity contribution is 0.844. The van der Waals surface area contributed by atoms with Crippen molar-refractivity contribution >= 4 is 8.07 Å². The molecule has 0 aromatic heterocycles. The van der Waals surface area contributed by atoms with Crippen LogP contribution in [0.5, 0.6) is 0 Å². The van der Waals surface area contributed by atoms with Gasteiger partial charge in [0.1, 0.15) is 0 Å². The molecular formula is C12H22Si. The van der Waals surface area contributed by atoms with Gasteiger partial charge in [-0.25, -0.2) is 0 Å². The van der Waals surface area contributed by atoms with Gasteiger partial charge in [0.15, 0.2) is 0 Å². The normalized spacial score (nSPS) is 12.7. The average molecular weight is 194 g/mol. The monoisotopic (exact) mass is 194 g/mol. The van der Waals surface area contributed by atoms with Crippen molar-refractivity contribution in [3.63, 3.8) is 0 Å². The number of allylic oxidation sites excluding steroid dienone is 2. The summed E-state index contributed by atoms with van der Waals surface area (Å²) in [5, 5.41) is 0. The van der Waals surface area contributed by atoms with Crippen molar-refractivity contribution in [1.29, 1.82) is 0 Å². The van der Waals surface area contributed by atoms with Crippen LogP contribution in [0.4, 0.5) is 0 Å². The standard InChI is InChI=1S/C12H22Si/c1-6-7-8-9-12(2)10-11-13(3,4)5/h1,10H,7-9,11H2,2-5H3/b12-10+. The molecular weight excluding hydrogens is 172 g/mol. The third kappa shape index (κ3) is 9.43. The summed E-state index contributed by atoms with van der Waals surface area (Å²) in [6, 6.07) is 1.30. The SMILES string of the molecule is C#CCCC/C(C)=C/C[Si](C)(C)C. The quantitative estimate of drug-likeness (QED) is 0.268. The van der Waals surface area contributed by atoms with Crippen LogP contribution >= 0.6 is 0 Å². The van der Waals surface area contributed by atoms with E-state index in [9.17, 15) is 0 Å². The highest BCUT2D eigenvalue weighted by atomic mass is 28.3. The predicted octanol–water partition coefficient (Wildman–Crippen LogP) is 4.07. The van der Waals surface area contributed by atoms with E-state index < -0.39 is 8.07 Å². The minimum atomic E-state index is -0.884. The van der Waals surface area contributed by atoms with Crippen LogP contribution in [0.3, 0.4) is 0 Å². The maximum Gasteiger partial charge on any atom is 0.0480 e. The Labute approximate surface area is 84.4 Å². The Hall–Kier alpha value is -0.483. The molecule has 0 aliphatic carbocycles. The first kappa shape index (κ1) is 12.5. The molecule has 0 radical (unpaired) electrons. The topological polar surface area (TPSA) is 0 Å². The van der Waals surface area contributed by atoms with Crippen molar-refractivity contribution in [1.82, 2.24) is 0 Å². The first-order valence-electron chi connectivity index (χ1n) is 5.05. The van der Waals surface area contributed by atoms with Crippen LogP contribution in [0.2, 0.25) is 25.7 Å². The second-order valence-corrected chi connectivity index (χ2v) is 10.4. The Balaban J connectivity index is 3.71. The molecule has 0 aromatic rings. The van der Waals surface area contributed by atoms with Gasteiger partial charge >= 0.3 is 0 Å². The van der Waals surface area contributed by atoms with Crippen LogP contribution in [0.25, 0.3) is 0 Å². The van der Waals surface area contributed by atoms with Crippen molar-refractivity contribution in [2.45, 2.75) is 51.9 Å². The van der Waals surface area contributed by atoms with E-state index in [-0.39, 0.29) is 0 Å². The van der Waals surface area contributed by atoms with E-state index in [1.54, 1.807) is 0 Å². The Morgan fingerprint density at radius 2 is 2.00 bits per heavy atom. The molecule has 0 aromatic carbocycles. The van der Waals surface area contributed by atoms with Crippen molar-refractivity contribution in [3.8, 4) is 12.3 Å². The van der Waals surface area contributed by atoms with Gasteiger partial charge < -0.3 is 0 Å². The highest BCUT2D eigenvalue weighted by Gasteiger charge is 2.09. The lowest BCUT2D eigenvalue weighted by atomic mass is 10.1. The number of hydrogen-bond donors (Lipinski definition) is 0. The summed E-state index contributed by atoms with van der Waals surface area (Å²) in [6.45, 7) is 9.42. The minimum Gasteiger partial charge on any atom is -0.120 e. The zero-order valence-corrected chi connectivity index (χ0v) is 10.5. The maximum atomic E-state index is 5.20. The van der Waals surface area contributed by atoms with E-state index in [4.69, 9.17) is 6.42 Å². The van der Waals surface area contributed by atoms with Gasteiger partial charge in [-0.05, 0) is 25.8 Å². The predicted molar refractivity (Wildman–Crippen MR) is 64.6 cm³/mol. The average Bonchev–Trinajstić information content (AvgIpc) is 2.00. The Bertz CT molecular complexity index is 200. The van der Waals surface area contributed by atoms with Crippen LogP contribution in [0, 0.1) is 12.3 Å². The van der Waals surface area contributed by atoms with E-state index in [1.807, 2.05) is 0 Å². The molecule has 1 heteroatoms. The first-order valence-corrected chi connectivity index (χ1v) is 8.75. The van der Waals surface area contributed by atoms with Gasteiger partial charge in [-0.2, -0.15) is 0 Å². The second kappa shape index (κ2) is 6.04. The number of hydrogen-bond acceptors (Lipinski definition) is 0. The molecule has 0 aliphatic heterocycles. The molecule has 0 saturated heterocycles. The molecule has 0 heterocycles. The number of terminal acetylenes is 1. The molecule has 0 atom stereocenters. The summed E-state index contributed by atoms with van der Waals surface area (Å²) in [5.74, 6) is 2.68. The first-order chi connectivity index (χ1) is 5.95. The number of unbranched alkanes of at least 4 members (excludes halogenated alkanes) is 1. The van der Waals surface area contributed by atoms with Gasteiger partial charge in [-0.3, -0.25) is 0 Å². The summed E-state index contributed by atoms with van der Waals surface area (Å²) in [7, 11) is -0.884. The molecule has 0 saturated carbocycles. The smallest absolute Gasteiger partial charge is 0.0480 e. The zero-order chi connectivity index (χ0) is 10.3. The third-order valence-corrected chi connectivity index (χ3v) is 3.38. The van der Waals surface area contributed by atoms with Crippen LogP contribution < -0.4 is 0 Å². The van der Waals surface area contributed by atoms with E-state index in [0.29, 0.717) is 0 Å². The zero-order valence-electron chi connectivity index (χ0n) is 9.48. The molecule has 0 fully saturated rings. The van der Waals surface area contributed by atoms with E-state index in [1.165, 1.54) is 18.0 Å². The summed E-state index contributed by atoms with van der Waals surface area (Å²) in [4.78, 5) is 0. The van der Waals surface area contributed by atoms with Crippen LogP contribution in [0.1, 0.15) is 26.2 Å². The number of rotatable bonds is 5. The van der Waals surface area contributed by atoms with Crippen LogP contribution in [-0.2, 0) is 0 Å². The van der Waals surface area contributed by atoms with Crippen molar-refractivity contribution in [2.24, 2.45) is 0 Å². The van der Waals surface area contributed by atoms with Crippen molar-refractivity contribution in [3.05, 3.63) is 11.6 Å². The Morgan fingerprint density at radius 3 is 2.46 bits per heavy atom. The molecule has 13 heavy (non-hydrogen) atoms. The molecule has 0 rings (SSSR count). The fourth-order valence-electron chi connectivity index (χ4n) is 1.05. The van der Waals surface area contributed by atoms with Gasteiger partial charge in [0.25, 0.3) is 0 Å². The molecule has 0 amide bonds. The summed E-state index contributed by atoms with van der Waals surface area (Å²) < 4.78 is 0. The lowest BCUT2D eigenvalue weighted by Crippen LogP contribution is -2.17. The molecule has 0 spiro atoms. The Kier molecular flexibility index (Phi) is 5.82. The van der Waals surface area contributed by atoms with Gasteiger partial charge in [0, 0.05) is 14.5 Å². The maximum absolute atomic E-state index is 5.20. The fraction of sp³-hybridized carbons (Fsp3) is 0.667. The summed E-state index contributed by atoms with van der Waals surface area (Å²) in [5.41, 5.74) is 1.51. The second-order valence-electron chi connectivity index (χ2n) is 4.87. The highest BCUT2D eigenvalue weighted by Crippen LogP contribution is 2.13. The summed E-state index contributed by atoms with van der Waals surface area (Å²) >= 11 is 0. The molecule has 0 nitrogen and oxygen atoms in total. The molecule has 74 valence electrons. The van der Waals surface area contributed by atoms with E-state index >= 15 is 0 Å². The van der Waals surface area contributed by atoms with Crippen molar-refractivity contribution < 1.29 is 0 Å². The van der Waals surface area contributed by atoms with Crippen LogP contribution in [-0.4, -0.2) is 8.07 Å². The van der Waals surface area contributed by atoms with Gasteiger partial charge in [0.2, 0.25) is 0 Å². The minimum absolute atomic E-state index is 0.884. The van der Waals surface area contributed by atoms with Gasteiger partial charge in [-0.15, -0.1) is 12.3 Å².